The van der Waals surface area contributed by atoms with Crippen molar-refractivity contribution in [3.63, 3.8) is 0 Å². The van der Waals surface area contributed by atoms with Gasteiger partial charge in [-0.05, 0) is 18.8 Å². The summed E-state index contributed by atoms with van der Waals surface area (Å²) in [4.78, 5) is 26.3. The zero-order valence-corrected chi connectivity index (χ0v) is 14.8. The Hall–Kier alpha value is -2.44. The average molecular weight is 348 g/mol. The van der Waals surface area contributed by atoms with Crippen LogP contribution in [0.1, 0.15) is 19.3 Å². The lowest BCUT2D eigenvalue weighted by atomic mass is 10.1. The highest BCUT2D eigenvalue weighted by Crippen LogP contribution is 2.42. The van der Waals surface area contributed by atoms with Gasteiger partial charge < -0.3 is 24.4 Å². The van der Waals surface area contributed by atoms with Gasteiger partial charge in [0.1, 0.15) is 0 Å². The Bertz CT molecular complexity index is 646. The number of carbonyl (C=O) groups excluding carboxylic acids is 2. The second kappa shape index (κ2) is 7.21. The highest BCUT2D eigenvalue weighted by Gasteiger charge is 2.36. The first kappa shape index (κ1) is 17.4. The summed E-state index contributed by atoms with van der Waals surface area (Å²) in [6.07, 6.45) is 2.58. The Morgan fingerprint density at radius 3 is 2.32 bits per heavy atom. The number of methoxy groups -OCH3 is 3. The van der Waals surface area contributed by atoms with Gasteiger partial charge in [0.2, 0.25) is 17.6 Å². The maximum atomic E-state index is 12.4. The van der Waals surface area contributed by atoms with Gasteiger partial charge in [0.15, 0.2) is 11.5 Å². The summed E-state index contributed by atoms with van der Waals surface area (Å²) in [5, 5.41) is 2.96. The van der Waals surface area contributed by atoms with E-state index >= 15 is 0 Å². The first-order valence-corrected chi connectivity index (χ1v) is 8.45. The van der Waals surface area contributed by atoms with E-state index in [1.807, 2.05) is 0 Å². The van der Waals surface area contributed by atoms with E-state index in [1.54, 1.807) is 17.0 Å². The molecule has 1 unspecified atom stereocenters. The van der Waals surface area contributed by atoms with E-state index in [1.165, 1.54) is 34.2 Å². The smallest absolute Gasteiger partial charge is 0.227 e. The third-order valence-corrected chi connectivity index (χ3v) is 4.72. The number of carbonyl (C=O) groups is 2. The van der Waals surface area contributed by atoms with Crippen molar-refractivity contribution >= 4 is 17.5 Å². The van der Waals surface area contributed by atoms with Crippen LogP contribution in [0.4, 0.5) is 5.69 Å². The molecule has 1 aromatic rings. The maximum Gasteiger partial charge on any atom is 0.227 e. The quantitative estimate of drug-likeness (QED) is 0.810. The highest BCUT2D eigenvalue weighted by molar-refractivity contribution is 6.00. The van der Waals surface area contributed by atoms with Crippen LogP contribution >= 0.6 is 0 Å². The van der Waals surface area contributed by atoms with Gasteiger partial charge in [-0.1, -0.05) is 0 Å². The van der Waals surface area contributed by atoms with Crippen LogP contribution < -0.4 is 24.4 Å². The van der Waals surface area contributed by atoms with Crippen LogP contribution in [0.5, 0.6) is 17.2 Å². The molecule has 0 spiro atoms. The minimum atomic E-state index is -0.328. The fourth-order valence-electron chi connectivity index (χ4n) is 3.07. The molecule has 2 amide bonds. The Morgan fingerprint density at radius 2 is 1.80 bits per heavy atom. The summed E-state index contributed by atoms with van der Waals surface area (Å²) < 4.78 is 16.0. The summed E-state index contributed by atoms with van der Waals surface area (Å²) >= 11 is 0. The Morgan fingerprint density at radius 1 is 1.16 bits per heavy atom. The molecule has 1 aromatic carbocycles. The van der Waals surface area contributed by atoms with Crippen LogP contribution in [0.2, 0.25) is 0 Å². The predicted molar refractivity (Wildman–Crippen MR) is 92.3 cm³/mol. The molecule has 1 saturated heterocycles. The highest BCUT2D eigenvalue weighted by atomic mass is 16.5. The second-order valence-electron chi connectivity index (χ2n) is 6.48. The summed E-state index contributed by atoms with van der Waals surface area (Å²) in [6, 6.07) is 3.45. The van der Waals surface area contributed by atoms with Crippen LogP contribution in [-0.4, -0.2) is 46.2 Å². The molecule has 1 heterocycles. The van der Waals surface area contributed by atoms with Crippen molar-refractivity contribution < 1.29 is 23.8 Å². The molecule has 7 nitrogen and oxygen atoms in total. The topological polar surface area (TPSA) is 77.1 Å². The summed E-state index contributed by atoms with van der Waals surface area (Å²) in [7, 11) is 4.59. The molecule has 2 aliphatic rings. The van der Waals surface area contributed by atoms with E-state index in [0.29, 0.717) is 41.9 Å². The fourth-order valence-corrected chi connectivity index (χ4v) is 3.07. The number of hydrogen-bond acceptors (Lipinski definition) is 5. The van der Waals surface area contributed by atoms with Gasteiger partial charge in [-0.15, -0.1) is 0 Å². The molecule has 1 aliphatic heterocycles. The van der Waals surface area contributed by atoms with Gasteiger partial charge in [-0.2, -0.15) is 0 Å². The van der Waals surface area contributed by atoms with Crippen molar-refractivity contribution in [3.05, 3.63) is 12.1 Å². The number of nitrogens with zero attached hydrogens (tertiary/aromatic N) is 1. The van der Waals surface area contributed by atoms with Gasteiger partial charge in [-0.3, -0.25) is 9.59 Å². The number of benzene rings is 1. The lowest BCUT2D eigenvalue weighted by Gasteiger charge is -2.20. The summed E-state index contributed by atoms with van der Waals surface area (Å²) in [5.41, 5.74) is 0.636. The zero-order chi connectivity index (χ0) is 18.0. The van der Waals surface area contributed by atoms with Gasteiger partial charge in [-0.25, -0.2) is 0 Å². The molecule has 0 bridgehead atoms. The lowest BCUT2D eigenvalue weighted by molar-refractivity contribution is -0.126. The van der Waals surface area contributed by atoms with Gasteiger partial charge in [0, 0.05) is 31.6 Å². The zero-order valence-electron chi connectivity index (χ0n) is 14.8. The van der Waals surface area contributed by atoms with Crippen molar-refractivity contribution in [2.24, 2.45) is 11.8 Å². The van der Waals surface area contributed by atoms with E-state index in [4.69, 9.17) is 14.2 Å². The standard InChI is InChI=1S/C18H24N2O5/c1-23-14-7-13(8-15(24-2)17(14)25-3)20-10-12(6-16(20)21)18(22)19-9-11-4-5-11/h7-8,11-12H,4-6,9-10H2,1-3H3,(H,19,22). The first-order valence-electron chi connectivity index (χ1n) is 8.45. The first-order chi connectivity index (χ1) is 12.1. The van der Waals surface area contributed by atoms with Crippen molar-refractivity contribution in [1.29, 1.82) is 0 Å². The molecule has 1 saturated carbocycles. The van der Waals surface area contributed by atoms with Crippen molar-refractivity contribution in [2.45, 2.75) is 19.3 Å². The summed E-state index contributed by atoms with van der Waals surface area (Å²) in [5.74, 6) is 1.59. The van der Waals surface area contributed by atoms with E-state index in [9.17, 15) is 9.59 Å². The number of hydrogen-bond donors (Lipinski definition) is 1. The van der Waals surface area contributed by atoms with Crippen molar-refractivity contribution in [1.82, 2.24) is 5.32 Å². The van der Waals surface area contributed by atoms with Crippen molar-refractivity contribution in [2.75, 3.05) is 39.3 Å². The monoisotopic (exact) mass is 348 g/mol. The molecule has 1 aliphatic carbocycles. The van der Waals surface area contributed by atoms with Crippen LogP contribution in [0.25, 0.3) is 0 Å². The minimum absolute atomic E-state index is 0.0461. The third-order valence-electron chi connectivity index (χ3n) is 4.72. The SMILES string of the molecule is COc1cc(N2CC(C(=O)NCC3CC3)CC2=O)cc(OC)c1OC. The van der Waals surface area contributed by atoms with Crippen molar-refractivity contribution in [3.8, 4) is 17.2 Å². The molecule has 1 atom stereocenters. The van der Waals surface area contributed by atoms with E-state index in [0.717, 1.165) is 0 Å². The molecular weight excluding hydrogens is 324 g/mol. The maximum absolute atomic E-state index is 12.4. The Labute approximate surface area is 147 Å². The number of amides is 2. The molecule has 0 aromatic heterocycles. The van der Waals surface area contributed by atoms with Crippen LogP contribution in [0, 0.1) is 11.8 Å². The minimum Gasteiger partial charge on any atom is -0.493 e. The normalized spacial score (nSPS) is 19.7. The van der Waals surface area contributed by atoms with Gasteiger partial charge >= 0.3 is 0 Å². The second-order valence-corrected chi connectivity index (χ2v) is 6.48. The number of ether oxygens (including phenoxy) is 3. The number of anilines is 1. The lowest BCUT2D eigenvalue weighted by Crippen LogP contribution is -2.34. The molecule has 1 N–H and O–H groups in total. The van der Waals surface area contributed by atoms with E-state index < -0.39 is 0 Å². The van der Waals surface area contributed by atoms with E-state index in [2.05, 4.69) is 5.32 Å². The molecule has 7 heteroatoms. The fraction of sp³-hybridized carbons (Fsp3) is 0.556. The molecular formula is C18H24N2O5. The number of rotatable bonds is 7. The molecule has 136 valence electrons. The number of nitrogens with one attached hydrogen (secondary N) is 1. The van der Waals surface area contributed by atoms with Gasteiger partial charge in [0.25, 0.3) is 0 Å². The van der Waals surface area contributed by atoms with Crippen LogP contribution in [0.15, 0.2) is 12.1 Å². The van der Waals surface area contributed by atoms with E-state index in [-0.39, 0.29) is 24.2 Å². The largest absolute Gasteiger partial charge is 0.493 e. The summed E-state index contributed by atoms with van der Waals surface area (Å²) in [6.45, 7) is 1.07. The molecule has 3 rings (SSSR count). The van der Waals surface area contributed by atoms with Gasteiger partial charge in [0.05, 0.1) is 32.9 Å². The predicted octanol–water partition coefficient (Wildman–Crippen LogP) is 1.59. The van der Waals surface area contributed by atoms with Crippen LogP contribution in [-0.2, 0) is 9.59 Å². The van der Waals surface area contributed by atoms with Crippen LogP contribution in [0.3, 0.4) is 0 Å². The Balaban J connectivity index is 1.76. The Kier molecular flexibility index (Phi) is 5.01. The average Bonchev–Trinajstić information content (AvgIpc) is 3.38. The molecule has 25 heavy (non-hydrogen) atoms. The molecule has 2 fully saturated rings. The third kappa shape index (κ3) is 3.65. The molecule has 0 radical (unpaired) electrons.